The quantitative estimate of drug-likeness (QED) is 0.779. The maximum absolute atomic E-state index is 11.3. The molecule has 1 N–H and O–H groups in total. The van der Waals surface area contributed by atoms with Crippen molar-refractivity contribution in [3.05, 3.63) is 53.9 Å². The summed E-state index contributed by atoms with van der Waals surface area (Å²) in [7, 11) is 0. The van der Waals surface area contributed by atoms with Gasteiger partial charge in [-0.05, 0) is 30.2 Å². The van der Waals surface area contributed by atoms with Crippen LogP contribution in [0, 0.1) is 0 Å². The topological polar surface area (TPSA) is 80.9 Å². The summed E-state index contributed by atoms with van der Waals surface area (Å²) in [5, 5.41) is 17.3. The van der Waals surface area contributed by atoms with Crippen LogP contribution in [-0.2, 0) is 13.0 Å². The molecule has 0 fully saturated rings. The molecule has 0 unspecified atom stereocenters. The summed E-state index contributed by atoms with van der Waals surface area (Å²) < 4.78 is 1.63. The minimum Gasteiger partial charge on any atom is -0.478 e. The molecule has 3 rings (SSSR count). The maximum Gasteiger partial charge on any atom is 0.337 e. The maximum atomic E-state index is 11.3. The van der Waals surface area contributed by atoms with E-state index in [0.717, 1.165) is 12.0 Å². The van der Waals surface area contributed by atoms with E-state index in [0.29, 0.717) is 17.6 Å². The molecule has 0 saturated heterocycles. The number of carbonyl (C=O) groups is 1. The minimum atomic E-state index is -0.972. The van der Waals surface area contributed by atoms with Crippen molar-refractivity contribution in [1.82, 2.24) is 20.0 Å². The molecule has 0 bridgehead atoms. The predicted molar refractivity (Wildman–Crippen MR) is 72.4 cm³/mol. The Morgan fingerprint density at radius 1 is 1.25 bits per heavy atom. The van der Waals surface area contributed by atoms with Gasteiger partial charge in [0.1, 0.15) is 11.0 Å². The van der Waals surface area contributed by atoms with Crippen LogP contribution in [-0.4, -0.2) is 31.1 Å². The number of aryl methyl sites for hydroxylation is 2. The second-order valence-electron chi connectivity index (χ2n) is 4.40. The zero-order chi connectivity index (χ0) is 13.9. The number of para-hydroxylation sites is 1. The predicted octanol–water partition coefficient (Wildman–Crippen LogP) is 1.77. The molecule has 0 spiro atoms. The lowest BCUT2D eigenvalue weighted by Gasteiger charge is -2.04. The van der Waals surface area contributed by atoms with Crippen molar-refractivity contribution in [2.24, 2.45) is 0 Å². The van der Waals surface area contributed by atoms with Crippen LogP contribution >= 0.6 is 0 Å². The molecule has 0 atom stereocenters. The molecule has 0 saturated carbocycles. The fourth-order valence-electron chi connectivity index (χ4n) is 2.14. The van der Waals surface area contributed by atoms with Crippen LogP contribution in [0.1, 0.15) is 15.9 Å². The Morgan fingerprint density at radius 2 is 2.15 bits per heavy atom. The highest BCUT2D eigenvalue weighted by atomic mass is 16.4. The summed E-state index contributed by atoms with van der Waals surface area (Å²) in [5.74, 6) is -0.972. The summed E-state index contributed by atoms with van der Waals surface area (Å²) in [6.45, 7) is 0.562. The molecule has 20 heavy (non-hydrogen) atoms. The van der Waals surface area contributed by atoms with E-state index in [9.17, 15) is 9.90 Å². The summed E-state index contributed by atoms with van der Waals surface area (Å²) in [5.41, 5.74) is 2.45. The summed E-state index contributed by atoms with van der Waals surface area (Å²) in [4.78, 5) is 15.3. The average Bonchev–Trinajstić information content (AvgIpc) is 2.89. The smallest absolute Gasteiger partial charge is 0.337 e. The lowest BCUT2D eigenvalue weighted by molar-refractivity contribution is 0.0698. The van der Waals surface area contributed by atoms with E-state index in [4.69, 9.17) is 0 Å². The lowest BCUT2D eigenvalue weighted by Crippen LogP contribution is -2.07. The van der Waals surface area contributed by atoms with Gasteiger partial charge in [0.2, 0.25) is 0 Å². The van der Waals surface area contributed by atoms with Crippen LogP contribution in [0.3, 0.4) is 0 Å². The second-order valence-corrected chi connectivity index (χ2v) is 4.40. The molecule has 6 heteroatoms. The van der Waals surface area contributed by atoms with Gasteiger partial charge >= 0.3 is 5.97 Å². The van der Waals surface area contributed by atoms with Crippen LogP contribution in [0.5, 0.6) is 0 Å². The van der Waals surface area contributed by atoms with Gasteiger partial charge in [0.15, 0.2) is 0 Å². The molecule has 0 radical (unpaired) electrons. The Hall–Kier alpha value is -2.76. The molecule has 0 aliphatic rings. The number of aromatic nitrogens is 4. The third-order valence-corrected chi connectivity index (χ3v) is 3.10. The Bertz CT molecular complexity index is 752. The summed E-state index contributed by atoms with van der Waals surface area (Å²) in [6.07, 6.45) is 4.23. The van der Waals surface area contributed by atoms with Gasteiger partial charge in [0, 0.05) is 18.9 Å². The van der Waals surface area contributed by atoms with Crippen LogP contribution in [0.15, 0.2) is 42.7 Å². The van der Waals surface area contributed by atoms with E-state index < -0.39 is 5.97 Å². The Morgan fingerprint density at radius 3 is 2.90 bits per heavy atom. The van der Waals surface area contributed by atoms with Gasteiger partial charge in [-0.3, -0.25) is 4.98 Å². The molecule has 2 heterocycles. The highest BCUT2D eigenvalue weighted by molar-refractivity contribution is 6.00. The monoisotopic (exact) mass is 268 g/mol. The number of nitrogens with zero attached hydrogens (tertiary/aromatic N) is 4. The number of hydrogen-bond acceptors (Lipinski definition) is 4. The first-order valence-electron chi connectivity index (χ1n) is 6.20. The largest absolute Gasteiger partial charge is 0.478 e. The van der Waals surface area contributed by atoms with Crippen LogP contribution in [0.4, 0.5) is 0 Å². The first kappa shape index (κ1) is 12.3. The zero-order valence-electron chi connectivity index (χ0n) is 10.6. The normalized spacial score (nSPS) is 10.8. The fourth-order valence-corrected chi connectivity index (χ4v) is 2.14. The lowest BCUT2D eigenvalue weighted by atomic mass is 10.1. The molecular formula is C14H12N4O2. The van der Waals surface area contributed by atoms with E-state index in [1.807, 2.05) is 12.1 Å². The first-order valence-corrected chi connectivity index (χ1v) is 6.20. The number of fused-ring (bicyclic) bond motifs is 1. The van der Waals surface area contributed by atoms with Gasteiger partial charge in [-0.15, -0.1) is 5.10 Å². The van der Waals surface area contributed by atoms with Crippen LogP contribution in [0.2, 0.25) is 0 Å². The van der Waals surface area contributed by atoms with E-state index in [1.165, 1.54) is 0 Å². The number of carboxylic acid groups (broad SMARTS) is 1. The third kappa shape index (κ3) is 2.23. The Labute approximate surface area is 114 Å². The SMILES string of the molecule is O=C(O)c1cccc2nnn(CCc3cccnc3)c12. The number of carboxylic acids is 1. The second kappa shape index (κ2) is 5.08. The Balaban J connectivity index is 1.94. The van der Waals surface area contributed by atoms with E-state index in [2.05, 4.69) is 15.3 Å². The standard InChI is InChI=1S/C14H12N4O2/c19-14(20)11-4-1-5-12-13(11)18(17-16-12)8-6-10-3-2-7-15-9-10/h1-5,7,9H,6,8H2,(H,19,20). The van der Waals surface area contributed by atoms with Crippen molar-refractivity contribution in [1.29, 1.82) is 0 Å². The molecule has 2 aromatic heterocycles. The third-order valence-electron chi connectivity index (χ3n) is 3.10. The summed E-state index contributed by atoms with van der Waals surface area (Å²) >= 11 is 0. The number of pyridine rings is 1. The van der Waals surface area contributed by atoms with E-state index in [1.54, 1.807) is 35.3 Å². The van der Waals surface area contributed by atoms with E-state index >= 15 is 0 Å². The van der Waals surface area contributed by atoms with Crippen LogP contribution < -0.4 is 0 Å². The molecule has 0 aliphatic carbocycles. The molecule has 3 aromatic rings. The van der Waals surface area contributed by atoms with E-state index in [-0.39, 0.29) is 5.56 Å². The molecule has 1 aromatic carbocycles. The van der Waals surface area contributed by atoms with Crippen molar-refractivity contribution in [2.45, 2.75) is 13.0 Å². The molecule has 6 nitrogen and oxygen atoms in total. The fraction of sp³-hybridized carbons (Fsp3) is 0.143. The van der Waals surface area contributed by atoms with Gasteiger partial charge in [0.25, 0.3) is 0 Å². The van der Waals surface area contributed by atoms with Gasteiger partial charge < -0.3 is 5.11 Å². The average molecular weight is 268 g/mol. The van der Waals surface area contributed by atoms with Crippen molar-refractivity contribution in [3.8, 4) is 0 Å². The summed E-state index contributed by atoms with van der Waals surface area (Å²) in [6, 6.07) is 8.84. The van der Waals surface area contributed by atoms with Crippen LogP contribution in [0.25, 0.3) is 11.0 Å². The zero-order valence-corrected chi connectivity index (χ0v) is 10.6. The van der Waals surface area contributed by atoms with Crippen molar-refractivity contribution < 1.29 is 9.90 Å². The number of aromatic carboxylic acids is 1. The minimum absolute atomic E-state index is 0.221. The first-order chi connectivity index (χ1) is 9.75. The van der Waals surface area contributed by atoms with Gasteiger partial charge in [-0.25, -0.2) is 9.48 Å². The van der Waals surface area contributed by atoms with Crippen molar-refractivity contribution >= 4 is 17.0 Å². The molecule has 100 valence electrons. The molecule has 0 aliphatic heterocycles. The van der Waals surface area contributed by atoms with Gasteiger partial charge in [0.05, 0.1) is 5.56 Å². The van der Waals surface area contributed by atoms with Crippen molar-refractivity contribution in [3.63, 3.8) is 0 Å². The highest BCUT2D eigenvalue weighted by Gasteiger charge is 2.14. The highest BCUT2D eigenvalue weighted by Crippen LogP contribution is 2.17. The molecular weight excluding hydrogens is 256 g/mol. The number of benzene rings is 1. The van der Waals surface area contributed by atoms with Gasteiger partial charge in [-0.2, -0.15) is 0 Å². The van der Waals surface area contributed by atoms with Crippen molar-refractivity contribution in [2.75, 3.05) is 0 Å². The van der Waals surface area contributed by atoms with Gasteiger partial charge in [-0.1, -0.05) is 17.3 Å². The Kier molecular flexibility index (Phi) is 3.12. The molecule has 0 amide bonds. The number of rotatable bonds is 4. The number of hydrogen-bond donors (Lipinski definition) is 1.